The molecule has 0 bridgehead atoms. The van der Waals surface area contributed by atoms with E-state index in [1.165, 1.54) is 24.3 Å². The highest BCUT2D eigenvalue weighted by atomic mass is 19.4. The predicted molar refractivity (Wildman–Crippen MR) is 132 cm³/mol. The highest BCUT2D eigenvalue weighted by molar-refractivity contribution is 5.98. The third-order valence-electron chi connectivity index (χ3n) is 6.40. The van der Waals surface area contributed by atoms with Crippen LogP contribution in [0.1, 0.15) is 49.7 Å². The Morgan fingerprint density at radius 2 is 1.57 bits per heavy atom. The van der Waals surface area contributed by atoms with Crippen LogP contribution >= 0.6 is 0 Å². The molecular weight excluding hydrogens is 545 g/mol. The lowest BCUT2D eigenvalue weighted by Crippen LogP contribution is -2.32. The molecule has 0 saturated carbocycles. The number of para-hydroxylation sites is 1. The van der Waals surface area contributed by atoms with Gasteiger partial charge in [-0.2, -0.15) is 22.0 Å². The number of alkyl halides is 5. The number of amides is 1. The van der Waals surface area contributed by atoms with E-state index in [1.807, 2.05) is 6.07 Å². The van der Waals surface area contributed by atoms with Crippen LogP contribution in [0.15, 0.2) is 72.8 Å². The summed E-state index contributed by atoms with van der Waals surface area (Å²) >= 11 is 0. The summed E-state index contributed by atoms with van der Waals surface area (Å²) in [6.07, 6.45) is -6.79. The number of halogens is 7. The molecule has 0 aliphatic carbocycles. The molecule has 40 heavy (non-hydrogen) atoms. The van der Waals surface area contributed by atoms with E-state index in [2.05, 4.69) is 9.72 Å². The van der Waals surface area contributed by atoms with Gasteiger partial charge in [-0.25, -0.2) is 9.78 Å². The smallest absolute Gasteiger partial charge is 0.435 e. The summed E-state index contributed by atoms with van der Waals surface area (Å²) in [5.41, 5.74) is -0.301. The van der Waals surface area contributed by atoms with Crippen LogP contribution < -0.4 is 9.64 Å². The molecule has 0 unspecified atom stereocenters. The number of rotatable bonds is 7. The van der Waals surface area contributed by atoms with E-state index in [-0.39, 0.29) is 23.8 Å². The van der Waals surface area contributed by atoms with E-state index < -0.39 is 42.1 Å². The zero-order valence-corrected chi connectivity index (χ0v) is 21.3. The first kappa shape index (κ1) is 30.6. The van der Waals surface area contributed by atoms with Gasteiger partial charge in [0.2, 0.25) is 5.91 Å². The van der Waals surface area contributed by atoms with Crippen molar-refractivity contribution in [1.82, 2.24) is 4.98 Å². The van der Waals surface area contributed by atoms with Crippen LogP contribution in [0, 0.1) is 5.92 Å². The van der Waals surface area contributed by atoms with Gasteiger partial charge >= 0.3 is 19.1 Å². The van der Waals surface area contributed by atoms with Gasteiger partial charge in [-0.3, -0.25) is 4.79 Å². The summed E-state index contributed by atoms with van der Waals surface area (Å²) in [5, 5.41) is 0. The maximum absolute atomic E-state index is 13.7. The Labute approximate surface area is 225 Å². The second-order valence-electron chi connectivity index (χ2n) is 9.66. The molecule has 1 aliphatic rings. The predicted octanol–water partition coefficient (Wildman–Crippen LogP) is 8.21. The van der Waals surface area contributed by atoms with Crippen molar-refractivity contribution in [3.8, 4) is 5.75 Å². The highest BCUT2D eigenvalue weighted by Crippen LogP contribution is 2.45. The topological polar surface area (TPSA) is 59.5 Å². The number of carbonyl (C=O) groups excluding carboxylic acids is 2. The molecule has 1 saturated heterocycles. The molecule has 0 spiro atoms. The molecule has 3 aromatic rings. The number of carbonyl (C=O) groups is 2. The Morgan fingerprint density at radius 1 is 0.975 bits per heavy atom. The van der Waals surface area contributed by atoms with Crippen LogP contribution in [0.2, 0.25) is 0 Å². The molecule has 1 aliphatic heterocycles. The van der Waals surface area contributed by atoms with Crippen LogP contribution in [-0.4, -0.2) is 23.8 Å². The summed E-state index contributed by atoms with van der Waals surface area (Å²) in [7, 11) is 0. The number of ether oxygens (including phenoxy) is 1. The molecule has 1 fully saturated rings. The van der Waals surface area contributed by atoms with E-state index >= 15 is 0 Å². The number of nitrogens with zero attached hydrogens (tertiary/aromatic N) is 2. The van der Waals surface area contributed by atoms with Crippen molar-refractivity contribution in [2.24, 2.45) is 5.92 Å². The van der Waals surface area contributed by atoms with Crippen molar-refractivity contribution in [2.45, 2.75) is 50.9 Å². The third kappa shape index (κ3) is 7.80. The monoisotopic (exact) mass is 570 g/mol. The average Bonchev–Trinajstić information content (AvgIpc) is 3.19. The molecule has 4 rings (SSSR count). The minimum absolute atomic E-state index is 0.0140. The van der Waals surface area contributed by atoms with Gasteiger partial charge < -0.3 is 9.64 Å². The Morgan fingerprint density at radius 3 is 2.17 bits per heavy atom. The summed E-state index contributed by atoms with van der Waals surface area (Å²) in [6.45, 7) is 0.546. The van der Waals surface area contributed by atoms with Crippen molar-refractivity contribution in [1.29, 1.82) is 0 Å². The normalized spacial score (nSPS) is 17.4. The Bertz CT molecular complexity index is 1310. The van der Waals surface area contributed by atoms with E-state index in [0.717, 1.165) is 6.07 Å². The van der Waals surface area contributed by atoms with Crippen molar-refractivity contribution in [3.05, 3.63) is 89.7 Å². The van der Waals surface area contributed by atoms with Crippen molar-refractivity contribution in [3.63, 3.8) is 0 Å². The second-order valence-corrected chi connectivity index (χ2v) is 9.66. The van der Waals surface area contributed by atoms with Gasteiger partial charge in [0.05, 0.1) is 6.04 Å². The van der Waals surface area contributed by atoms with Gasteiger partial charge in [-0.1, -0.05) is 50.2 Å². The number of anilines is 1. The molecule has 2 atom stereocenters. The van der Waals surface area contributed by atoms with Gasteiger partial charge in [0, 0.05) is 22.7 Å². The first-order valence-electron chi connectivity index (χ1n) is 12.0. The van der Waals surface area contributed by atoms with Gasteiger partial charge in [0.15, 0.2) is 0 Å². The Balaban J connectivity index is 0.00000103. The first-order chi connectivity index (χ1) is 18.7. The zero-order valence-electron chi connectivity index (χ0n) is 21.3. The molecule has 2 aromatic carbocycles. The molecular formula is C28H25F7N2O3. The van der Waals surface area contributed by atoms with Crippen LogP contribution in [0.3, 0.4) is 0 Å². The van der Waals surface area contributed by atoms with Gasteiger partial charge in [0.25, 0.3) is 0 Å². The fourth-order valence-corrected chi connectivity index (χ4v) is 4.77. The number of pyridine rings is 1. The highest BCUT2D eigenvalue weighted by Gasteiger charge is 2.44. The zero-order chi connectivity index (χ0) is 29.7. The number of hydrogen-bond donors (Lipinski definition) is 0. The molecule has 0 N–H and O–H groups in total. The lowest BCUT2D eigenvalue weighted by Gasteiger charge is -2.27. The molecule has 2 heterocycles. The SMILES string of the molecule is CC(C)(C[C@@H]1C[C@H](c2cccc(OC(F)F)c2)N(c2ccccc2)C1=O)c1cccc(C(F)(F)F)n1.O=C(F)F. The minimum atomic E-state index is -4.57. The first-order valence-corrected chi connectivity index (χ1v) is 12.0. The molecule has 12 heteroatoms. The number of benzene rings is 2. The van der Waals surface area contributed by atoms with Crippen LogP contribution in [0.4, 0.5) is 41.2 Å². The molecule has 0 radical (unpaired) electrons. The van der Waals surface area contributed by atoms with E-state index in [1.54, 1.807) is 55.1 Å². The maximum Gasteiger partial charge on any atom is 0.483 e. The van der Waals surface area contributed by atoms with E-state index in [4.69, 9.17) is 4.79 Å². The second kappa shape index (κ2) is 12.5. The van der Waals surface area contributed by atoms with E-state index in [9.17, 15) is 35.5 Å². The Kier molecular flexibility index (Phi) is 9.54. The summed E-state index contributed by atoms with van der Waals surface area (Å²) in [5.74, 6) is -0.729. The number of aromatic nitrogens is 1. The molecule has 1 amide bonds. The summed E-state index contributed by atoms with van der Waals surface area (Å²) < 4.78 is 89.2. The van der Waals surface area contributed by atoms with Crippen molar-refractivity contribution >= 4 is 17.9 Å². The molecule has 5 nitrogen and oxygen atoms in total. The standard InChI is InChI=1S/C27H25F5N2O2.CF2O/c1-26(2,22-12-7-13-23(33-22)27(30,31)32)16-18-15-21(17-8-6-11-20(14-17)36-25(28)29)34(24(18)35)19-9-4-3-5-10-19;2-1(3)4/h3-14,18,21,25H,15-16H2,1-2H3;/t18-,21+;/m0./s1. The fraction of sp³-hybridized carbons (Fsp3) is 0.321. The van der Waals surface area contributed by atoms with Crippen molar-refractivity contribution < 1.29 is 45.1 Å². The quantitative estimate of drug-likeness (QED) is 0.212. The van der Waals surface area contributed by atoms with Crippen LogP contribution in [-0.2, 0) is 16.4 Å². The van der Waals surface area contributed by atoms with Crippen LogP contribution in [0.25, 0.3) is 0 Å². The van der Waals surface area contributed by atoms with Crippen molar-refractivity contribution in [2.75, 3.05) is 4.90 Å². The summed E-state index contributed by atoms with van der Waals surface area (Å²) in [6, 6.07) is 18.5. The van der Waals surface area contributed by atoms with E-state index in [0.29, 0.717) is 17.7 Å². The average molecular weight is 571 g/mol. The van der Waals surface area contributed by atoms with Gasteiger partial charge in [0.1, 0.15) is 11.4 Å². The third-order valence-corrected chi connectivity index (χ3v) is 6.40. The lowest BCUT2D eigenvalue weighted by atomic mass is 9.78. The fourth-order valence-electron chi connectivity index (χ4n) is 4.77. The minimum Gasteiger partial charge on any atom is -0.435 e. The van der Waals surface area contributed by atoms with Crippen LogP contribution in [0.5, 0.6) is 5.75 Å². The summed E-state index contributed by atoms with van der Waals surface area (Å²) in [4.78, 5) is 27.2. The van der Waals surface area contributed by atoms with Gasteiger partial charge in [-0.15, -0.1) is 8.78 Å². The Hall–Kier alpha value is -3.96. The maximum atomic E-state index is 13.7. The molecule has 1 aromatic heterocycles. The largest absolute Gasteiger partial charge is 0.483 e. The lowest BCUT2D eigenvalue weighted by molar-refractivity contribution is -0.141. The van der Waals surface area contributed by atoms with Gasteiger partial charge in [-0.05, 0) is 54.8 Å². The molecule has 214 valence electrons. The number of hydrogen-bond acceptors (Lipinski definition) is 4.